The third-order valence-electron chi connectivity index (χ3n) is 5.85. The van der Waals surface area contributed by atoms with Crippen molar-refractivity contribution in [2.24, 2.45) is 11.8 Å². The van der Waals surface area contributed by atoms with E-state index in [2.05, 4.69) is 5.32 Å². The molecule has 0 aromatic heterocycles. The molecule has 3 fully saturated rings. The summed E-state index contributed by atoms with van der Waals surface area (Å²) in [4.78, 5) is 12.8. The molecule has 5 nitrogen and oxygen atoms in total. The van der Waals surface area contributed by atoms with E-state index in [-0.39, 0.29) is 16.8 Å². The van der Waals surface area contributed by atoms with E-state index in [1.807, 2.05) is 0 Å². The van der Waals surface area contributed by atoms with E-state index < -0.39 is 10.0 Å². The topological polar surface area (TPSA) is 66.5 Å². The molecule has 1 heterocycles. The number of carbonyl (C=O) groups excluding carboxylic acids is 1. The van der Waals surface area contributed by atoms with E-state index in [0.29, 0.717) is 24.6 Å². The van der Waals surface area contributed by atoms with Crippen LogP contribution in [0.1, 0.15) is 48.9 Å². The highest BCUT2D eigenvalue weighted by atomic mass is 32.2. The Hall–Kier alpha value is -1.40. The van der Waals surface area contributed by atoms with Gasteiger partial charge in [-0.25, -0.2) is 8.42 Å². The molecule has 4 rings (SSSR count). The maximum absolute atomic E-state index is 12.7. The third-order valence-corrected chi connectivity index (χ3v) is 7.75. The van der Waals surface area contributed by atoms with Gasteiger partial charge in [-0.15, -0.1) is 0 Å². The molecule has 0 spiro atoms. The third kappa shape index (κ3) is 2.86. The number of fused-ring (bicyclic) bond motifs is 2. The molecule has 1 aliphatic heterocycles. The first kappa shape index (κ1) is 16.1. The Labute approximate surface area is 143 Å². The van der Waals surface area contributed by atoms with Gasteiger partial charge in [0.2, 0.25) is 10.0 Å². The Bertz CT molecular complexity index is 740. The molecule has 1 aromatic rings. The van der Waals surface area contributed by atoms with Crippen LogP contribution in [0.5, 0.6) is 0 Å². The van der Waals surface area contributed by atoms with Crippen LogP contribution >= 0.6 is 0 Å². The fourth-order valence-corrected chi connectivity index (χ4v) is 6.11. The molecule has 6 heteroatoms. The fourth-order valence-electron chi connectivity index (χ4n) is 4.55. The number of nitrogens with one attached hydrogen (secondary N) is 1. The summed E-state index contributed by atoms with van der Waals surface area (Å²) in [5.74, 6) is 1.23. The summed E-state index contributed by atoms with van der Waals surface area (Å²) < 4.78 is 26.8. The predicted molar refractivity (Wildman–Crippen MR) is 91.1 cm³/mol. The van der Waals surface area contributed by atoms with Gasteiger partial charge in [0.1, 0.15) is 0 Å². The maximum atomic E-state index is 12.7. The van der Waals surface area contributed by atoms with Crippen molar-refractivity contribution in [1.82, 2.24) is 9.62 Å². The number of nitrogens with zero attached hydrogens (tertiary/aromatic N) is 1. The first-order valence-electron chi connectivity index (χ1n) is 8.95. The summed E-state index contributed by atoms with van der Waals surface area (Å²) in [6.45, 7) is 1.15. The van der Waals surface area contributed by atoms with Gasteiger partial charge < -0.3 is 5.32 Å². The number of carbonyl (C=O) groups is 1. The van der Waals surface area contributed by atoms with Crippen molar-refractivity contribution in [3.05, 3.63) is 29.8 Å². The number of sulfonamides is 1. The molecule has 2 aliphatic carbocycles. The molecule has 2 saturated carbocycles. The predicted octanol–water partition coefficient (Wildman–Crippen LogP) is 2.39. The number of rotatable bonds is 4. The molecule has 1 aromatic carbocycles. The van der Waals surface area contributed by atoms with Gasteiger partial charge in [0.05, 0.1) is 4.90 Å². The maximum Gasteiger partial charge on any atom is 0.251 e. The normalized spacial score (nSPS) is 29.9. The van der Waals surface area contributed by atoms with Crippen molar-refractivity contribution < 1.29 is 13.2 Å². The van der Waals surface area contributed by atoms with E-state index in [1.54, 1.807) is 18.2 Å². The highest BCUT2D eigenvalue weighted by molar-refractivity contribution is 7.89. The van der Waals surface area contributed by atoms with Gasteiger partial charge in [-0.05, 0) is 62.1 Å². The lowest BCUT2D eigenvalue weighted by Gasteiger charge is -2.23. The number of amides is 1. The van der Waals surface area contributed by atoms with Gasteiger partial charge >= 0.3 is 0 Å². The quantitative estimate of drug-likeness (QED) is 0.908. The molecular formula is C18H24N2O3S. The molecule has 1 amide bonds. The van der Waals surface area contributed by atoms with E-state index in [4.69, 9.17) is 0 Å². The zero-order valence-corrected chi connectivity index (χ0v) is 14.6. The van der Waals surface area contributed by atoms with Crippen molar-refractivity contribution in [3.63, 3.8) is 0 Å². The van der Waals surface area contributed by atoms with Crippen LogP contribution in [0, 0.1) is 11.8 Å². The van der Waals surface area contributed by atoms with Crippen LogP contribution in [0.3, 0.4) is 0 Å². The monoisotopic (exact) mass is 348 g/mol. The van der Waals surface area contributed by atoms with E-state index in [0.717, 1.165) is 25.2 Å². The Morgan fingerprint density at radius 1 is 1.12 bits per heavy atom. The summed E-state index contributed by atoms with van der Waals surface area (Å²) in [6, 6.07) is 6.73. The summed E-state index contributed by atoms with van der Waals surface area (Å²) >= 11 is 0. The number of hydrogen-bond acceptors (Lipinski definition) is 3. The molecule has 0 radical (unpaired) electrons. The minimum Gasteiger partial charge on any atom is -0.349 e. The van der Waals surface area contributed by atoms with Gasteiger partial charge in [-0.3, -0.25) is 4.79 Å². The Morgan fingerprint density at radius 3 is 2.58 bits per heavy atom. The smallest absolute Gasteiger partial charge is 0.251 e. The van der Waals surface area contributed by atoms with E-state index in [1.165, 1.54) is 29.6 Å². The van der Waals surface area contributed by atoms with Gasteiger partial charge in [0, 0.05) is 24.7 Å². The zero-order valence-electron chi connectivity index (χ0n) is 13.8. The van der Waals surface area contributed by atoms with Crippen molar-refractivity contribution in [1.29, 1.82) is 0 Å². The minimum absolute atomic E-state index is 0.147. The summed E-state index contributed by atoms with van der Waals surface area (Å²) in [5, 5.41) is 3.13. The van der Waals surface area contributed by atoms with Crippen molar-refractivity contribution in [2.75, 3.05) is 13.1 Å². The van der Waals surface area contributed by atoms with Crippen molar-refractivity contribution >= 4 is 15.9 Å². The van der Waals surface area contributed by atoms with E-state index >= 15 is 0 Å². The Morgan fingerprint density at radius 2 is 1.92 bits per heavy atom. The molecule has 3 aliphatic rings. The van der Waals surface area contributed by atoms with Gasteiger partial charge in [0.15, 0.2) is 0 Å². The number of hydrogen-bond donors (Lipinski definition) is 1. The van der Waals surface area contributed by atoms with Crippen LogP contribution < -0.4 is 5.32 Å². The fraction of sp³-hybridized carbons (Fsp3) is 0.611. The lowest BCUT2D eigenvalue weighted by atomic mass is 9.95. The molecule has 3 atom stereocenters. The molecular weight excluding hydrogens is 324 g/mol. The SMILES string of the molecule is O=C(N[C@H]1C[C@@H]2CC[C@@H]1C2)c1cccc(S(=O)(=O)N2CCCC2)c1. The van der Waals surface area contributed by atoms with Crippen LogP contribution in [0.2, 0.25) is 0 Å². The second kappa shape index (κ2) is 6.15. The Kier molecular flexibility index (Phi) is 4.12. The zero-order chi connectivity index (χ0) is 16.7. The standard InChI is InChI=1S/C18H24N2O3S/c21-18(19-17-11-13-6-7-14(17)10-13)15-4-3-5-16(12-15)24(22,23)20-8-1-2-9-20/h3-5,12-14,17H,1-2,6-11H2,(H,19,21)/t13-,14-,17+/m1/s1. The lowest BCUT2D eigenvalue weighted by molar-refractivity contribution is 0.0922. The second-order valence-corrected chi connectivity index (χ2v) is 9.33. The second-order valence-electron chi connectivity index (χ2n) is 7.39. The molecule has 2 bridgehead atoms. The van der Waals surface area contributed by atoms with Crippen LogP contribution in [-0.4, -0.2) is 37.8 Å². The summed E-state index contributed by atoms with van der Waals surface area (Å²) in [6.07, 6.45) is 6.61. The molecule has 24 heavy (non-hydrogen) atoms. The van der Waals surface area contributed by atoms with Gasteiger partial charge in [0.25, 0.3) is 5.91 Å². The first-order valence-corrected chi connectivity index (χ1v) is 10.4. The van der Waals surface area contributed by atoms with Crippen molar-refractivity contribution in [2.45, 2.75) is 49.5 Å². The highest BCUT2D eigenvalue weighted by Crippen LogP contribution is 2.44. The molecule has 0 unspecified atom stereocenters. The largest absolute Gasteiger partial charge is 0.349 e. The Balaban J connectivity index is 1.51. The van der Waals surface area contributed by atoms with Gasteiger partial charge in [-0.2, -0.15) is 4.31 Å². The van der Waals surface area contributed by atoms with Crippen molar-refractivity contribution in [3.8, 4) is 0 Å². The molecule has 130 valence electrons. The lowest BCUT2D eigenvalue weighted by Crippen LogP contribution is -2.38. The highest BCUT2D eigenvalue weighted by Gasteiger charge is 2.40. The average molecular weight is 348 g/mol. The van der Waals surface area contributed by atoms with Crippen LogP contribution in [-0.2, 0) is 10.0 Å². The molecule has 1 N–H and O–H groups in total. The first-order chi connectivity index (χ1) is 11.5. The minimum atomic E-state index is -3.48. The van der Waals surface area contributed by atoms with Gasteiger partial charge in [-0.1, -0.05) is 12.5 Å². The average Bonchev–Trinajstić information content (AvgIpc) is 3.32. The molecule has 1 saturated heterocycles. The number of benzene rings is 1. The van der Waals surface area contributed by atoms with Crippen LogP contribution in [0.4, 0.5) is 0 Å². The summed E-state index contributed by atoms with van der Waals surface area (Å²) in [5.41, 5.74) is 0.443. The summed E-state index contributed by atoms with van der Waals surface area (Å²) in [7, 11) is -3.48. The van der Waals surface area contributed by atoms with Crippen LogP contribution in [0.15, 0.2) is 29.2 Å². The van der Waals surface area contributed by atoms with E-state index in [9.17, 15) is 13.2 Å². The van der Waals surface area contributed by atoms with Crippen LogP contribution in [0.25, 0.3) is 0 Å².